The molecular weight excluding hydrogens is 1110 g/mol. The summed E-state index contributed by atoms with van der Waals surface area (Å²) in [4.78, 5) is 71.3. The molecule has 8 rings (SSSR count). The minimum Gasteiger partial charge on any atom is -0.691 e. The summed E-state index contributed by atoms with van der Waals surface area (Å²) in [6, 6.07) is 16.6. The number of carbonyl (C=O) groups excluding carboxylic acids is 5. The molecule has 1 fully saturated rings. The Bertz CT molecular complexity index is 3120. The Hall–Kier alpha value is -6.19. The Morgan fingerprint density at radius 1 is 0.790 bits per heavy atom. The van der Waals surface area contributed by atoms with Crippen LogP contribution < -0.4 is 25.5 Å². The highest BCUT2D eigenvalue weighted by atomic mass is 32.2. The lowest BCUT2D eigenvalue weighted by Gasteiger charge is -2.31. The molecule has 1 unspecified atom stereocenters. The number of fused-ring (bicyclic) bond motifs is 6. The smallest absolute Gasteiger partial charge is 0.363 e. The Labute approximate surface area is 479 Å². The molecule has 3 aromatic carbocycles. The van der Waals surface area contributed by atoms with Gasteiger partial charge in [0.1, 0.15) is 18.1 Å². The molecule has 2 bridgehead atoms. The van der Waals surface area contributed by atoms with Gasteiger partial charge in [-0.05, 0) is 156 Å². The van der Waals surface area contributed by atoms with Crippen LogP contribution in [-0.2, 0) is 63.7 Å². The standard InChI is InChI=1S/C57H67N5O16S3/c1-56(2)44-36-42(80-78-76-69)22-24-46(44)60-33-9-5-7-15-51(64)59-32-31-58-50(63)14-6-4-8-30-57(3)45-37-43(81(70,71)72)23-25-47(45)61(34-11-35-79-77-75-68)49(57)27-19-39-13-10-12-38(18-26-48(56)60)54(39)73-41-20-16-40(17-21-41)55(67)74-62-52(65)28-29-53(62)66/h16-27,36-37H,4-15,28-35H2,1-3H3,(H4-,58,59,63,64,68,69,70,71,72). The van der Waals surface area contributed by atoms with Crippen LogP contribution in [0.15, 0.2) is 117 Å². The summed E-state index contributed by atoms with van der Waals surface area (Å²) < 4.78 is 54.3. The van der Waals surface area contributed by atoms with Crippen LogP contribution in [0.25, 0.3) is 0 Å². The first kappa shape index (κ1) is 60.9. The van der Waals surface area contributed by atoms with Gasteiger partial charge in [0, 0.05) is 109 Å². The van der Waals surface area contributed by atoms with Gasteiger partial charge >= 0.3 is 5.97 Å². The maximum Gasteiger partial charge on any atom is 0.363 e. The van der Waals surface area contributed by atoms with Gasteiger partial charge in [-0.25, -0.2) is 10.1 Å². The summed E-state index contributed by atoms with van der Waals surface area (Å²) in [7, 11) is -4.61. The lowest BCUT2D eigenvalue weighted by molar-refractivity contribution is -0.777. The third-order valence-electron chi connectivity index (χ3n) is 15.2. The Morgan fingerprint density at radius 2 is 1.51 bits per heavy atom. The van der Waals surface area contributed by atoms with Gasteiger partial charge in [0.05, 0.1) is 27.9 Å². The molecule has 1 atom stereocenters. The number of hydroxylamine groups is 2. The quantitative estimate of drug-likeness (QED) is 0.0224. The van der Waals surface area contributed by atoms with Crippen LogP contribution in [0, 0.1) is 0 Å². The van der Waals surface area contributed by atoms with Gasteiger partial charge in [-0.1, -0.05) is 24.0 Å². The Balaban J connectivity index is 1.25. The second-order valence-corrected chi connectivity index (χ2v) is 23.9. The van der Waals surface area contributed by atoms with Crippen molar-refractivity contribution < 1.29 is 80.4 Å². The van der Waals surface area contributed by atoms with Crippen molar-refractivity contribution in [3.05, 3.63) is 124 Å². The fourth-order valence-corrected chi connectivity index (χ4v) is 12.3. The number of hydrogen-bond donors (Lipinski definition) is 4. The topological polar surface area (TPSA) is 272 Å². The van der Waals surface area contributed by atoms with Gasteiger partial charge in [0.15, 0.2) is 5.71 Å². The molecule has 24 heteroatoms. The molecule has 0 radical (unpaired) electrons. The lowest BCUT2D eigenvalue weighted by atomic mass is 9.77. The number of anilines is 1. The zero-order valence-corrected chi connectivity index (χ0v) is 47.9. The van der Waals surface area contributed by atoms with Crippen molar-refractivity contribution in [1.29, 1.82) is 0 Å². The molecule has 5 aliphatic rings. The van der Waals surface area contributed by atoms with E-state index in [1.165, 1.54) is 24.3 Å². The van der Waals surface area contributed by atoms with Crippen LogP contribution in [0.1, 0.15) is 139 Å². The zero-order valence-electron chi connectivity index (χ0n) is 45.4. The minimum atomic E-state index is -4.61. The van der Waals surface area contributed by atoms with E-state index in [1.807, 2.05) is 37.3 Å². The van der Waals surface area contributed by atoms with Crippen molar-refractivity contribution in [3.63, 3.8) is 0 Å². The monoisotopic (exact) mass is 1170 g/mol. The number of allylic oxidation sites excluding steroid dienone is 7. The van der Waals surface area contributed by atoms with Gasteiger partial charge in [-0.15, -0.1) is 9.40 Å². The molecule has 434 valence electrons. The van der Waals surface area contributed by atoms with E-state index in [4.69, 9.17) is 19.2 Å². The number of ether oxygens (including phenoxy) is 1. The molecule has 4 heterocycles. The number of carbonyl (C=O) groups is 5. The zero-order chi connectivity index (χ0) is 57.7. The first-order chi connectivity index (χ1) is 38.9. The van der Waals surface area contributed by atoms with E-state index in [9.17, 15) is 42.2 Å². The molecular formula is C57H67N5O16S3. The van der Waals surface area contributed by atoms with E-state index in [0.717, 1.165) is 82.8 Å². The van der Waals surface area contributed by atoms with Crippen LogP contribution in [0.4, 0.5) is 11.4 Å². The highest BCUT2D eigenvalue weighted by molar-refractivity contribution is 7.94. The molecule has 1 saturated heterocycles. The van der Waals surface area contributed by atoms with Crippen molar-refractivity contribution in [2.24, 2.45) is 0 Å². The van der Waals surface area contributed by atoms with E-state index >= 15 is 0 Å². The van der Waals surface area contributed by atoms with E-state index in [1.54, 1.807) is 18.2 Å². The second-order valence-electron chi connectivity index (χ2n) is 21.0. The van der Waals surface area contributed by atoms with E-state index in [2.05, 4.69) is 60.5 Å². The molecule has 0 aromatic heterocycles. The highest BCUT2D eigenvalue weighted by Gasteiger charge is 2.46. The van der Waals surface area contributed by atoms with Crippen LogP contribution in [0.3, 0.4) is 0 Å². The van der Waals surface area contributed by atoms with E-state index in [0.29, 0.717) is 117 Å². The predicted molar refractivity (Wildman–Crippen MR) is 297 cm³/mol. The molecule has 21 nitrogen and oxygen atoms in total. The number of imide groups is 1. The SMILES string of the molecule is CC1(C)C2=[N+](CCCCCC(=O)NCCNC(=O)CCCCCC3(C)/C(=C/C=C4\CCCC(=C4Oc4ccc(C(=O)ON5C(=O)CCC5=O)cc4)/C=C/2)N(CCCSOOO)c2ccc(S(=O)(=O)O)cc23)c2ccc(SOO[O-])cc21. The van der Waals surface area contributed by atoms with Crippen LogP contribution in [0.5, 0.6) is 5.75 Å². The average molecular weight is 1170 g/mol. The molecule has 4 amide bonds. The Kier molecular flexibility index (Phi) is 20.8. The van der Waals surface area contributed by atoms with Crippen LogP contribution in [0.2, 0.25) is 0 Å². The van der Waals surface area contributed by atoms with Gasteiger partial charge in [-0.2, -0.15) is 17.3 Å². The second kappa shape index (κ2) is 27.7. The molecule has 81 heavy (non-hydrogen) atoms. The van der Waals surface area contributed by atoms with Gasteiger partial charge in [0.25, 0.3) is 21.9 Å². The summed E-state index contributed by atoms with van der Waals surface area (Å²) in [5.74, 6) is -0.982. The summed E-state index contributed by atoms with van der Waals surface area (Å²) in [6.45, 7) is 7.93. The fourth-order valence-electron chi connectivity index (χ4n) is 11.1. The predicted octanol–water partition coefficient (Wildman–Crippen LogP) is 8.64. The summed E-state index contributed by atoms with van der Waals surface area (Å²) >= 11 is 1.73. The number of benzene rings is 3. The van der Waals surface area contributed by atoms with Crippen molar-refractivity contribution in [2.45, 2.75) is 138 Å². The van der Waals surface area contributed by atoms with E-state index < -0.39 is 38.7 Å². The minimum absolute atomic E-state index is 0.0501. The normalized spacial score (nSPS) is 22.3. The van der Waals surface area contributed by atoms with E-state index in [-0.39, 0.29) is 41.5 Å². The first-order valence-electron chi connectivity index (χ1n) is 27.1. The summed E-state index contributed by atoms with van der Waals surface area (Å²) in [5.41, 5.74) is 5.57. The van der Waals surface area contributed by atoms with Crippen molar-refractivity contribution in [3.8, 4) is 5.75 Å². The third kappa shape index (κ3) is 14.9. The van der Waals surface area contributed by atoms with Crippen LogP contribution >= 0.6 is 24.1 Å². The number of nitrogens with zero attached hydrogens (tertiary/aromatic N) is 3. The van der Waals surface area contributed by atoms with Crippen molar-refractivity contribution in [1.82, 2.24) is 15.7 Å². The first-order valence-corrected chi connectivity index (χ1v) is 30.2. The van der Waals surface area contributed by atoms with Gasteiger partial charge in [-0.3, -0.25) is 28.8 Å². The number of rotatable bonds is 14. The maximum atomic E-state index is 13.2. The van der Waals surface area contributed by atoms with Crippen LogP contribution in [-0.4, -0.2) is 95.1 Å². The largest absolute Gasteiger partial charge is 0.691 e. The van der Waals surface area contributed by atoms with Crippen molar-refractivity contribution in [2.75, 3.05) is 36.8 Å². The number of hydrogen-bond acceptors (Lipinski definition) is 18. The van der Waals surface area contributed by atoms with Gasteiger partial charge < -0.3 is 30.4 Å². The average Bonchev–Trinajstić information content (AvgIpc) is 3.76. The fraction of sp³-hybridized carbons (Fsp3) is 0.439. The van der Waals surface area contributed by atoms with Crippen molar-refractivity contribution >= 4 is 80.9 Å². The lowest BCUT2D eigenvalue weighted by Crippen LogP contribution is -2.34. The molecule has 4 aliphatic heterocycles. The summed E-state index contributed by atoms with van der Waals surface area (Å²) in [5, 5.41) is 33.5. The third-order valence-corrected chi connectivity index (χ3v) is 17.2. The highest BCUT2D eigenvalue weighted by Crippen LogP contribution is 2.52. The molecule has 0 saturated carbocycles. The maximum absolute atomic E-state index is 13.2. The molecule has 1 aliphatic carbocycles. The molecule has 3 aromatic rings. The van der Waals surface area contributed by atoms with Gasteiger partial charge in [0.2, 0.25) is 17.5 Å². The molecule has 0 spiro atoms. The number of amides is 4. The summed E-state index contributed by atoms with van der Waals surface area (Å²) in [6.07, 6.45) is 15.8. The Morgan fingerprint density at radius 3 is 2.20 bits per heavy atom. The number of nitrogens with one attached hydrogen (secondary N) is 2. The molecule has 4 N–H and O–H groups in total.